The van der Waals surface area contributed by atoms with Crippen molar-refractivity contribution in [3.05, 3.63) is 77.4 Å². The fraction of sp³-hybridized carbons (Fsp3) is 0.424. The van der Waals surface area contributed by atoms with E-state index in [1.165, 1.54) is 5.56 Å². The molecule has 2 fully saturated rings. The van der Waals surface area contributed by atoms with Crippen molar-refractivity contribution in [1.82, 2.24) is 9.88 Å². The van der Waals surface area contributed by atoms with Crippen LogP contribution in [0, 0.1) is 11.3 Å². The van der Waals surface area contributed by atoms with Crippen LogP contribution >= 0.6 is 0 Å². The van der Waals surface area contributed by atoms with E-state index in [0.29, 0.717) is 32.7 Å². The van der Waals surface area contributed by atoms with Gasteiger partial charge < -0.3 is 24.4 Å². The molecule has 0 bridgehead atoms. The summed E-state index contributed by atoms with van der Waals surface area (Å²) in [5, 5.41) is 9.61. The molecule has 0 radical (unpaired) electrons. The van der Waals surface area contributed by atoms with Crippen LogP contribution in [0.3, 0.4) is 0 Å². The molecule has 1 aromatic heterocycles. The Bertz CT molecular complexity index is 1480. The lowest BCUT2D eigenvalue weighted by atomic mass is 9.95. The number of nitrogens with zero attached hydrogens (tertiary/aromatic N) is 3. The predicted octanol–water partition coefficient (Wildman–Crippen LogP) is 5.92. The smallest absolute Gasteiger partial charge is 0.410 e. The summed E-state index contributed by atoms with van der Waals surface area (Å²) in [4.78, 5) is 33.1. The van der Waals surface area contributed by atoms with Crippen molar-refractivity contribution >= 4 is 17.9 Å². The van der Waals surface area contributed by atoms with E-state index >= 15 is 0 Å². The number of carbonyl (C=O) groups is 2. The molecule has 1 saturated heterocycles. The minimum atomic E-state index is -0.656. The second kappa shape index (κ2) is 10.4. The number of ether oxygens (including phenoxy) is 2. The molecule has 6 rings (SSSR count). The van der Waals surface area contributed by atoms with Crippen LogP contribution in [-0.2, 0) is 29.1 Å². The zero-order valence-corrected chi connectivity index (χ0v) is 23.9. The first-order valence-electron chi connectivity index (χ1n) is 14.4. The van der Waals surface area contributed by atoms with E-state index in [4.69, 9.17) is 14.5 Å². The minimum absolute atomic E-state index is 0.201. The number of pyridine rings is 1. The molecule has 0 spiro atoms. The molecule has 1 saturated carbocycles. The molecular weight excluding hydrogens is 518 g/mol. The zero-order chi connectivity index (χ0) is 28.8. The van der Waals surface area contributed by atoms with E-state index in [1.807, 2.05) is 63.2 Å². The number of hydrogen-bond donors (Lipinski definition) is 1. The lowest BCUT2D eigenvalue weighted by Crippen LogP contribution is -2.39. The van der Waals surface area contributed by atoms with Gasteiger partial charge in [0, 0.05) is 31.7 Å². The molecule has 3 aromatic rings. The number of amides is 1. The Kier molecular flexibility index (Phi) is 6.88. The third-order valence-corrected chi connectivity index (χ3v) is 8.48. The lowest BCUT2D eigenvalue weighted by molar-refractivity contribution is -0.144. The highest BCUT2D eigenvalue weighted by Crippen LogP contribution is 2.58. The SMILES string of the molecule is CC(C)(C)OC(=O)N1CCc2cc(COc3ccccc3-c3cccc(N4CC[C@@]5(C(=O)O)C[C@H]5C4)n3)ccc2C1. The molecule has 2 atom stereocenters. The van der Waals surface area contributed by atoms with Crippen molar-refractivity contribution in [3.8, 4) is 17.0 Å². The highest BCUT2D eigenvalue weighted by atomic mass is 16.6. The summed E-state index contributed by atoms with van der Waals surface area (Å²) in [5.41, 5.74) is 4.17. The van der Waals surface area contributed by atoms with Crippen LogP contribution in [0.5, 0.6) is 5.75 Å². The van der Waals surface area contributed by atoms with E-state index in [-0.39, 0.29) is 12.0 Å². The number of fused-ring (bicyclic) bond motifs is 2. The number of para-hydroxylation sites is 1. The van der Waals surface area contributed by atoms with Gasteiger partial charge in [0.1, 0.15) is 23.8 Å². The predicted molar refractivity (Wildman–Crippen MR) is 156 cm³/mol. The standard InChI is InChI=1S/C33H37N3O5/c1-32(2,3)41-31(39)36-15-13-23-17-22(11-12-24(23)19-36)21-40-28-9-5-4-7-26(28)27-8-6-10-29(34-27)35-16-14-33(30(37)38)18-25(33)20-35/h4-12,17,25H,13-16,18-21H2,1-3H3,(H,37,38)/t25-,33+/m0/s1. The Morgan fingerprint density at radius 2 is 1.88 bits per heavy atom. The molecule has 2 aromatic carbocycles. The van der Waals surface area contributed by atoms with Crippen LogP contribution in [0.15, 0.2) is 60.7 Å². The van der Waals surface area contributed by atoms with Crippen molar-refractivity contribution in [1.29, 1.82) is 0 Å². The maximum absolute atomic E-state index is 12.5. The van der Waals surface area contributed by atoms with Gasteiger partial charge in [-0.25, -0.2) is 9.78 Å². The summed E-state index contributed by atoms with van der Waals surface area (Å²) in [6, 6.07) is 20.2. The summed E-state index contributed by atoms with van der Waals surface area (Å²) in [6.07, 6.45) is 1.94. The number of carboxylic acid groups (broad SMARTS) is 1. The third kappa shape index (κ3) is 5.60. The Morgan fingerprint density at radius 1 is 1.05 bits per heavy atom. The van der Waals surface area contributed by atoms with Crippen LogP contribution < -0.4 is 9.64 Å². The normalized spacial score (nSPS) is 21.5. The van der Waals surface area contributed by atoms with Gasteiger partial charge in [0.05, 0.1) is 11.1 Å². The highest BCUT2D eigenvalue weighted by Gasteiger charge is 2.62. The number of rotatable bonds is 6. The Morgan fingerprint density at radius 3 is 2.66 bits per heavy atom. The molecule has 3 heterocycles. The van der Waals surface area contributed by atoms with Gasteiger partial charge in [-0.15, -0.1) is 0 Å². The number of carboxylic acids is 1. The second-order valence-electron chi connectivity index (χ2n) is 12.5. The summed E-state index contributed by atoms with van der Waals surface area (Å²) < 4.78 is 11.9. The summed E-state index contributed by atoms with van der Waals surface area (Å²) in [6.45, 7) is 8.68. The largest absolute Gasteiger partial charge is 0.488 e. The lowest BCUT2D eigenvalue weighted by Gasteiger charge is -2.31. The van der Waals surface area contributed by atoms with Gasteiger partial charge in [-0.3, -0.25) is 4.79 Å². The summed E-state index contributed by atoms with van der Waals surface area (Å²) in [7, 11) is 0. The van der Waals surface area contributed by atoms with E-state index in [0.717, 1.165) is 53.3 Å². The molecule has 8 nitrogen and oxygen atoms in total. The van der Waals surface area contributed by atoms with Crippen LogP contribution in [0.4, 0.5) is 10.6 Å². The number of aliphatic carboxylic acids is 1. The highest BCUT2D eigenvalue weighted by molar-refractivity contribution is 5.79. The molecular formula is C33H37N3O5. The molecule has 41 heavy (non-hydrogen) atoms. The average molecular weight is 556 g/mol. The summed E-state index contributed by atoms with van der Waals surface area (Å²) >= 11 is 0. The first kappa shape index (κ1) is 27.1. The van der Waals surface area contributed by atoms with Gasteiger partial charge in [0.25, 0.3) is 0 Å². The zero-order valence-electron chi connectivity index (χ0n) is 23.9. The Labute approximate surface area is 240 Å². The molecule has 1 N–H and O–H groups in total. The third-order valence-electron chi connectivity index (χ3n) is 8.48. The van der Waals surface area contributed by atoms with Crippen molar-refractivity contribution in [2.24, 2.45) is 11.3 Å². The van der Waals surface area contributed by atoms with Crippen molar-refractivity contribution in [3.63, 3.8) is 0 Å². The van der Waals surface area contributed by atoms with E-state index in [9.17, 15) is 14.7 Å². The van der Waals surface area contributed by atoms with Crippen LogP contribution in [-0.4, -0.2) is 52.3 Å². The fourth-order valence-electron chi connectivity index (χ4n) is 6.09. The van der Waals surface area contributed by atoms with Gasteiger partial charge >= 0.3 is 12.1 Å². The van der Waals surface area contributed by atoms with E-state index < -0.39 is 17.0 Å². The van der Waals surface area contributed by atoms with Gasteiger partial charge in [0.15, 0.2) is 0 Å². The average Bonchev–Trinajstić information content (AvgIpc) is 3.71. The number of benzene rings is 2. The maximum atomic E-state index is 12.5. The fourth-order valence-corrected chi connectivity index (χ4v) is 6.09. The molecule has 8 heteroatoms. The van der Waals surface area contributed by atoms with Gasteiger partial charge in [-0.2, -0.15) is 0 Å². The minimum Gasteiger partial charge on any atom is -0.488 e. The van der Waals surface area contributed by atoms with E-state index in [2.05, 4.69) is 23.1 Å². The molecule has 2 aliphatic heterocycles. The number of hydrogen-bond acceptors (Lipinski definition) is 6. The Balaban J connectivity index is 1.12. The van der Waals surface area contributed by atoms with E-state index in [1.54, 1.807) is 4.90 Å². The monoisotopic (exact) mass is 555 g/mol. The van der Waals surface area contributed by atoms with Crippen LogP contribution in [0.1, 0.15) is 50.3 Å². The van der Waals surface area contributed by atoms with Crippen molar-refractivity contribution < 1.29 is 24.2 Å². The summed E-state index contributed by atoms with van der Waals surface area (Å²) in [5.74, 6) is 1.18. The second-order valence-corrected chi connectivity index (χ2v) is 12.5. The first-order valence-corrected chi connectivity index (χ1v) is 14.4. The number of anilines is 1. The number of piperidine rings is 1. The number of aromatic nitrogens is 1. The van der Waals surface area contributed by atoms with Gasteiger partial charge in [0.2, 0.25) is 0 Å². The molecule has 3 aliphatic rings. The molecule has 0 unspecified atom stereocenters. The molecule has 1 amide bonds. The Hall–Kier alpha value is -4.07. The van der Waals surface area contributed by atoms with Crippen LogP contribution in [0.25, 0.3) is 11.3 Å². The number of carbonyl (C=O) groups excluding carboxylic acids is 1. The first-order chi connectivity index (χ1) is 19.6. The van der Waals surface area contributed by atoms with Crippen LogP contribution in [0.2, 0.25) is 0 Å². The maximum Gasteiger partial charge on any atom is 0.410 e. The van der Waals surface area contributed by atoms with Gasteiger partial charge in [-0.1, -0.05) is 36.4 Å². The quantitative estimate of drug-likeness (QED) is 0.404. The topological polar surface area (TPSA) is 92.2 Å². The van der Waals surface area contributed by atoms with Crippen molar-refractivity contribution in [2.45, 2.75) is 58.8 Å². The van der Waals surface area contributed by atoms with Crippen molar-refractivity contribution in [2.75, 3.05) is 24.5 Å². The molecule has 214 valence electrons. The van der Waals surface area contributed by atoms with Gasteiger partial charge in [-0.05, 0) is 86.9 Å². The molecule has 1 aliphatic carbocycles.